The van der Waals surface area contributed by atoms with Gasteiger partial charge in [-0.15, -0.1) is 0 Å². The van der Waals surface area contributed by atoms with E-state index in [-0.39, 0.29) is 22.4 Å². The number of halogens is 1. The van der Waals surface area contributed by atoms with E-state index in [1.807, 2.05) is 0 Å². The Morgan fingerprint density at radius 1 is 1.18 bits per heavy atom. The Morgan fingerprint density at radius 2 is 1.86 bits per heavy atom. The summed E-state index contributed by atoms with van der Waals surface area (Å²) in [5.41, 5.74) is 0.174. The first-order valence-electron chi connectivity index (χ1n) is 8.49. The van der Waals surface area contributed by atoms with Crippen LogP contribution in [-0.2, 0) is 19.6 Å². The van der Waals surface area contributed by atoms with Crippen molar-refractivity contribution in [3.63, 3.8) is 0 Å². The molecule has 0 radical (unpaired) electrons. The topological polar surface area (TPSA) is 84.9 Å². The van der Waals surface area contributed by atoms with Gasteiger partial charge in [-0.25, -0.2) is 8.42 Å². The molecule has 0 heterocycles. The Hall–Kier alpha value is -2.29. The summed E-state index contributed by atoms with van der Waals surface area (Å²) in [5, 5.41) is 3.03. The number of nitrogens with zero attached hydrogens (tertiary/aromatic N) is 1. The summed E-state index contributed by atoms with van der Waals surface area (Å²) in [7, 11) is -1.11. The molecule has 0 spiro atoms. The molecular weight excluding hydrogens is 404 g/mol. The van der Waals surface area contributed by atoms with E-state index in [1.54, 1.807) is 37.3 Å². The third-order valence-electron chi connectivity index (χ3n) is 3.85. The van der Waals surface area contributed by atoms with Crippen LogP contribution in [0.3, 0.4) is 0 Å². The molecule has 0 aliphatic carbocycles. The summed E-state index contributed by atoms with van der Waals surface area (Å²) in [6, 6.07) is 12.2. The van der Waals surface area contributed by atoms with E-state index in [4.69, 9.17) is 21.1 Å². The van der Waals surface area contributed by atoms with Gasteiger partial charge in [0.2, 0.25) is 5.91 Å². The van der Waals surface area contributed by atoms with Gasteiger partial charge in [-0.05, 0) is 37.3 Å². The van der Waals surface area contributed by atoms with Gasteiger partial charge < -0.3 is 14.8 Å². The highest BCUT2D eigenvalue weighted by atomic mass is 35.5. The highest BCUT2D eigenvalue weighted by Crippen LogP contribution is 2.34. The predicted octanol–water partition coefficient (Wildman–Crippen LogP) is 2.70. The molecule has 9 heteroatoms. The van der Waals surface area contributed by atoms with Crippen molar-refractivity contribution in [3.8, 4) is 5.75 Å². The zero-order valence-electron chi connectivity index (χ0n) is 15.9. The van der Waals surface area contributed by atoms with Gasteiger partial charge in [0.05, 0.1) is 24.3 Å². The molecule has 152 valence electrons. The molecule has 2 aromatic carbocycles. The van der Waals surface area contributed by atoms with Gasteiger partial charge in [0, 0.05) is 18.2 Å². The number of benzene rings is 2. The van der Waals surface area contributed by atoms with Crippen LogP contribution in [0.25, 0.3) is 0 Å². The first kappa shape index (κ1) is 22.0. The number of nitrogens with one attached hydrogen (secondary N) is 1. The van der Waals surface area contributed by atoms with Crippen LogP contribution in [0, 0.1) is 0 Å². The van der Waals surface area contributed by atoms with E-state index >= 15 is 0 Å². The molecule has 1 N–H and O–H groups in total. The summed E-state index contributed by atoms with van der Waals surface area (Å²) in [5.74, 6) is -0.201. The van der Waals surface area contributed by atoms with Crippen LogP contribution in [0.1, 0.15) is 6.92 Å². The van der Waals surface area contributed by atoms with Crippen LogP contribution in [0.5, 0.6) is 5.75 Å². The molecule has 2 aromatic rings. The maximum atomic E-state index is 13.3. The summed E-state index contributed by atoms with van der Waals surface area (Å²) in [6.07, 6.45) is 0. The number of carbonyl (C=O) groups is 1. The lowest BCUT2D eigenvalue weighted by atomic mass is 10.3. The summed E-state index contributed by atoms with van der Waals surface area (Å²) >= 11 is 6.08. The number of carbonyl (C=O) groups excluding carboxylic acids is 1. The molecule has 0 fully saturated rings. The van der Waals surface area contributed by atoms with Crippen molar-refractivity contribution in [2.45, 2.75) is 17.9 Å². The summed E-state index contributed by atoms with van der Waals surface area (Å²) < 4.78 is 37.8. The maximum absolute atomic E-state index is 13.3. The highest BCUT2D eigenvalue weighted by molar-refractivity contribution is 7.92. The Morgan fingerprint density at radius 3 is 2.46 bits per heavy atom. The lowest BCUT2D eigenvalue weighted by Crippen LogP contribution is -2.44. The zero-order chi connectivity index (χ0) is 20.7. The van der Waals surface area contributed by atoms with Crippen molar-refractivity contribution < 1.29 is 22.7 Å². The van der Waals surface area contributed by atoms with Crippen molar-refractivity contribution in [1.82, 2.24) is 5.32 Å². The van der Waals surface area contributed by atoms with Crippen molar-refractivity contribution in [3.05, 3.63) is 53.6 Å². The molecule has 1 atom stereocenters. The smallest absolute Gasteiger partial charge is 0.264 e. The highest BCUT2D eigenvalue weighted by Gasteiger charge is 2.29. The minimum Gasteiger partial charge on any atom is -0.495 e. The van der Waals surface area contributed by atoms with Gasteiger partial charge in [0.1, 0.15) is 12.3 Å². The van der Waals surface area contributed by atoms with Crippen LogP contribution >= 0.6 is 11.6 Å². The van der Waals surface area contributed by atoms with Crippen LogP contribution in [0.2, 0.25) is 5.02 Å². The minimum atomic E-state index is -4.04. The Kier molecular flexibility index (Phi) is 7.68. The second-order valence-corrected chi connectivity index (χ2v) is 8.36. The first-order chi connectivity index (χ1) is 13.3. The summed E-state index contributed by atoms with van der Waals surface area (Å²) in [4.78, 5) is 12.6. The SMILES string of the molecule is COC[C@@H](C)NC(=O)CN(c1cc(Cl)ccc1OC)S(=O)(=O)c1ccccc1. The fraction of sp³-hybridized carbons (Fsp3) is 0.316. The predicted molar refractivity (Wildman–Crippen MR) is 108 cm³/mol. The minimum absolute atomic E-state index is 0.0507. The number of methoxy groups -OCH3 is 2. The molecule has 1 amide bonds. The molecule has 0 aromatic heterocycles. The molecule has 0 bridgehead atoms. The largest absolute Gasteiger partial charge is 0.495 e. The van der Waals surface area contributed by atoms with Crippen LogP contribution in [-0.4, -0.2) is 47.7 Å². The van der Waals surface area contributed by atoms with E-state index < -0.39 is 22.5 Å². The van der Waals surface area contributed by atoms with Crippen LogP contribution in [0.15, 0.2) is 53.4 Å². The van der Waals surface area contributed by atoms with E-state index in [2.05, 4.69) is 5.32 Å². The molecular formula is C19H23ClN2O5S. The van der Waals surface area contributed by atoms with E-state index in [1.165, 1.54) is 32.4 Å². The normalized spacial score (nSPS) is 12.3. The van der Waals surface area contributed by atoms with E-state index in [0.717, 1.165) is 4.31 Å². The van der Waals surface area contributed by atoms with Crippen LogP contribution < -0.4 is 14.4 Å². The lowest BCUT2D eigenvalue weighted by molar-refractivity contribution is -0.120. The quantitative estimate of drug-likeness (QED) is 0.666. The fourth-order valence-electron chi connectivity index (χ4n) is 2.62. The van der Waals surface area contributed by atoms with E-state index in [0.29, 0.717) is 11.6 Å². The number of rotatable bonds is 9. The second-order valence-electron chi connectivity index (χ2n) is 6.06. The van der Waals surface area contributed by atoms with Gasteiger partial charge in [-0.2, -0.15) is 0 Å². The lowest BCUT2D eigenvalue weighted by Gasteiger charge is -2.26. The standard InChI is InChI=1S/C19H23ClN2O5S/c1-14(13-26-2)21-19(23)12-22(17-11-15(20)9-10-18(17)27-3)28(24,25)16-7-5-4-6-8-16/h4-11,14H,12-13H2,1-3H3,(H,21,23)/t14-/m1/s1. The zero-order valence-corrected chi connectivity index (χ0v) is 17.5. The molecule has 2 rings (SSSR count). The molecule has 7 nitrogen and oxygen atoms in total. The van der Waals surface area contributed by atoms with Gasteiger partial charge in [0.15, 0.2) is 0 Å². The third kappa shape index (κ3) is 5.37. The van der Waals surface area contributed by atoms with Crippen molar-refractivity contribution in [1.29, 1.82) is 0 Å². The average molecular weight is 427 g/mol. The van der Waals surface area contributed by atoms with Gasteiger partial charge in [-0.1, -0.05) is 29.8 Å². The van der Waals surface area contributed by atoms with Crippen molar-refractivity contribution >= 4 is 33.2 Å². The number of hydrogen-bond donors (Lipinski definition) is 1. The van der Waals surface area contributed by atoms with Crippen molar-refractivity contribution in [2.24, 2.45) is 0 Å². The maximum Gasteiger partial charge on any atom is 0.264 e. The monoisotopic (exact) mass is 426 g/mol. The number of sulfonamides is 1. The molecule has 28 heavy (non-hydrogen) atoms. The molecule has 0 saturated heterocycles. The van der Waals surface area contributed by atoms with E-state index in [9.17, 15) is 13.2 Å². The molecule has 0 saturated carbocycles. The van der Waals surface area contributed by atoms with Gasteiger partial charge in [0.25, 0.3) is 10.0 Å². The molecule has 0 aliphatic heterocycles. The number of amides is 1. The number of hydrogen-bond acceptors (Lipinski definition) is 5. The Bertz CT molecular complexity index is 906. The van der Waals surface area contributed by atoms with Gasteiger partial charge in [-0.3, -0.25) is 9.10 Å². The van der Waals surface area contributed by atoms with Crippen LogP contribution in [0.4, 0.5) is 5.69 Å². The Balaban J connectivity index is 2.48. The Labute approximate surface area is 170 Å². The summed E-state index contributed by atoms with van der Waals surface area (Å²) in [6.45, 7) is 1.62. The molecule has 0 aliphatic rings. The number of anilines is 1. The van der Waals surface area contributed by atoms with Gasteiger partial charge >= 0.3 is 0 Å². The fourth-order valence-corrected chi connectivity index (χ4v) is 4.23. The van der Waals surface area contributed by atoms with Crippen molar-refractivity contribution in [2.75, 3.05) is 31.7 Å². The first-order valence-corrected chi connectivity index (χ1v) is 10.3. The average Bonchev–Trinajstić information content (AvgIpc) is 2.66. The molecule has 0 unspecified atom stereocenters. The number of ether oxygens (including phenoxy) is 2. The third-order valence-corrected chi connectivity index (χ3v) is 5.86. The second kappa shape index (κ2) is 9.77.